The fourth-order valence-electron chi connectivity index (χ4n) is 3.50. The summed E-state index contributed by atoms with van der Waals surface area (Å²) in [5.74, 6) is -0.137. The summed E-state index contributed by atoms with van der Waals surface area (Å²) in [7, 11) is 1.94. The fraction of sp³-hybridized carbons (Fsp3) is 0.0370. The zero-order chi connectivity index (χ0) is 23.3. The van der Waals surface area contributed by atoms with Crippen LogP contribution in [-0.4, -0.2) is 21.1 Å². The Bertz CT molecular complexity index is 1480. The number of carbonyl (C=O) groups excluding carboxylic acids is 1. The summed E-state index contributed by atoms with van der Waals surface area (Å²) in [6.07, 6.45) is 9.46. The van der Waals surface area contributed by atoms with E-state index in [1.807, 2.05) is 103 Å². The molecule has 3 aromatic heterocycles. The van der Waals surface area contributed by atoms with E-state index in [1.54, 1.807) is 18.0 Å². The van der Waals surface area contributed by atoms with Gasteiger partial charge < -0.3 is 5.32 Å². The summed E-state index contributed by atoms with van der Waals surface area (Å²) in [4.78, 5) is 19.2. The number of hydrogen-bond donors (Lipinski definition) is 2. The van der Waals surface area contributed by atoms with Crippen LogP contribution >= 0.6 is 11.8 Å². The molecule has 0 saturated heterocycles. The molecule has 0 spiro atoms. The number of nitrogens with one attached hydrogen (secondary N) is 2. The minimum atomic E-state index is -0.137. The Kier molecular flexibility index (Phi) is 6.18. The second-order valence-electron chi connectivity index (χ2n) is 7.71. The van der Waals surface area contributed by atoms with Crippen molar-refractivity contribution in [3.8, 4) is 0 Å². The summed E-state index contributed by atoms with van der Waals surface area (Å²) in [5, 5.41) is 11.6. The first-order valence-corrected chi connectivity index (χ1v) is 11.6. The lowest BCUT2D eigenvalue weighted by Crippen LogP contribution is -2.26. The number of rotatable bonds is 6. The molecule has 1 amide bonds. The molecular weight excluding hydrogens is 442 g/mol. The fourth-order valence-corrected chi connectivity index (χ4v) is 4.49. The lowest BCUT2D eigenvalue weighted by Gasteiger charge is -2.10. The van der Waals surface area contributed by atoms with Crippen LogP contribution in [0.4, 0.5) is 5.69 Å². The SMILES string of the molecule is C[n+]1ccc(NC(=O)c2ccccc2Sc2ccc3c(/C=C/c4ccccn4)n[nH]c3c2)cc1. The number of fused-ring (bicyclic) bond motifs is 1. The summed E-state index contributed by atoms with van der Waals surface area (Å²) in [6.45, 7) is 0. The topological polar surface area (TPSA) is 74.6 Å². The molecule has 0 aliphatic heterocycles. The number of pyridine rings is 2. The van der Waals surface area contributed by atoms with E-state index in [0.29, 0.717) is 5.56 Å². The summed E-state index contributed by atoms with van der Waals surface area (Å²) >= 11 is 1.55. The van der Waals surface area contributed by atoms with E-state index in [4.69, 9.17) is 0 Å². The highest BCUT2D eigenvalue weighted by Crippen LogP contribution is 2.33. The molecule has 0 saturated carbocycles. The Morgan fingerprint density at radius 3 is 2.65 bits per heavy atom. The van der Waals surface area contributed by atoms with Crippen LogP contribution in [0.1, 0.15) is 21.7 Å². The van der Waals surface area contributed by atoms with Crippen molar-refractivity contribution in [1.29, 1.82) is 0 Å². The third-order valence-electron chi connectivity index (χ3n) is 5.26. The third-order valence-corrected chi connectivity index (χ3v) is 6.32. The molecule has 2 N–H and O–H groups in total. The molecule has 6 nitrogen and oxygen atoms in total. The van der Waals surface area contributed by atoms with Crippen molar-refractivity contribution in [3.05, 3.63) is 108 Å². The molecule has 5 aromatic rings. The molecule has 7 heteroatoms. The lowest BCUT2D eigenvalue weighted by molar-refractivity contribution is -0.671. The van der Waals surface area contributed by atoms with Gasteiger partial charge in [-0.3, -0.25) is 14.9 Å². The Hall–Kier alpha value is -4.23. The van der Waals surface area contributed by atoms with Crippen molar-refractivity contribution in [2.24, 2.45) is 7.05 Å². The molecule has 2 aromatic carbocycles. The van der Waals surface area contributed by atoms with E-state index in [1.165, 1.54) is 0 Å². The van der Waals surface area contributed by atoms with Gasteiger partial charge in [0.1, 0.15) is 7.05 Å². The molecule has 3 heterocycles. The number of benzene rings is 2. The Morgan fingerprint density at radius 2 is 1.82 bits per heavy atom. The zero-order valence-electron chi connectivity index (χ0n) is 18.5. The van der Waals surface area contributed by atoms with Crippen molar-refractivity contribution in [2.75, 3.05) is 5.32 Å². The first-order valence-electron chi connectivity index (χ1n) is 10.8. The van der Waals surface area contributed by atoms with Gasteiger partial charge in [0.15, 0.2) is 12.4 Å². The highest BCUT2D eigenvalue weighted by molar-refractivity contribution is 7.99. The van der Waals surface area contributed by atoms with Crippen molar-refractivity contribution < 1.29 is 9.36 Å². The zero-order valence-corrected chi connectivity index (χ0v) is 19.3. The van der Waals surface area contributed by atoms with Gasteiger partial charge in [-0.25, -0.2) is 4.57 Å². The average molecular weight is 465 g/mol. The van der Waals surface area contributed by atoms with Crippen LogP contribution in [0, 0.1) is 0 Å². The van der Waals surface area contributed by atoms with Crippen LogP contribution in [0.2, 0.25) is 0 Å². The smallest absolute Gasteiger partial charge is 0.256 e. The first kappa shape index (κ1) is 21.6. The predicted octanol–water partition coefficient (Wildman–Crippen LogP) is 5.36. The van der Waals surface area contributed by atoms with Crippen LogP contribution in [0.5, 0.6) is 0 Å². The number of hydrogen-bond acceptors (Lipinski definition) is 4. The van der Waals surface area contributed by atoms with Gasteiger partial charge >= 0.3 is 0 Å². The first-order chi connectivity index (χ1) is 16.7. The molecule has 166 valence electrons. The van der Waals surface area contributed by atoms with Crippen molar-refractivity contribution in [3.63, 3.8) is 0 Å². The molecule has 0 aliphatic carbocycles. The molecule has 34 heavy (non-hydrogen) atoms. The number of H-pyrrole nitrogens is 1. The van der Waals surface area contributed by atoms with Gasteiger partial charge in [-0.05, 0) is 54.6 Å². The highest BCUT2D eigenvalue weighted by Gasteiger charge is 2.14. The van der Waals surface area contributed by atoms with E-state index in [0.717, 1.165) is 37.8 Å². The van der Waals surface area contributed by atoms with Crippen LogP contribution in [0.3, 0.4) is 0 Å². The summed E-state index contributed by atoms with van der Waals surface area (Å²) in [6, 6.07) is 23.3. The normalized spacial score (nSPS) is 11.2. The number of amides is 1. The van der Waals surface area contributed by atoms with Gasteiger partial charge in [0.2, 0.25) is 0 Å². The van der Waals surface area contributed by atoms with Crippen LogP contribution < -0.4 is 9.88 Å². The molecule has 0 radical (unpaired) electrons. The predicted molar refractivity (Wildman–Crippen MR) is 135 cm³/mol. The van der Waals surface area contributed by atoms with Gasteiger partial charge in [-0.15, -0.1) is 0 Å². The molecule has 0 bridgehead atoms. The number of aryl methyl sites for hydroxylation is 1. The van der Waals surface area contributed by atoms with E-state index in [9.17, 15) is 4.79 Å². The van der Waals surface area contributed by atoms with Crippen molar-refractivity contribution >= 4 is 46.4 Å². The number of aromatic amines is 1. The largest absolute Gasteiger partial charge is 0.322 e. The Labute approximate surface area is 201 Å². The number of nitrogens with zero attached hydrogens (tertiary/aromatic N) is 3. The Morgan fingerprint density at radius 1 is 1.00 bits per heavy atom. The minimum absolute atomic E-state index is 0.137. The Balaban J connectivity index is 1.36. The maximum absolute atomic E-state index is 13.0. The maximum Gasteiger partial charge on any atom is 0.256 e. The van der Waals surface area contributed by atoms with Crippen molar-refractivity contribution in [1.82, 2.24) is 15.2 Å². The van der Waals surface area contributed by atoms with E-state index < -0.39 is 0 Å². The van der Waals surface area contributed by atoms with E-state index in [2.05, 4.69) is 26.6 Å². The standard InChI is InChI=1S/C27H21N5OS/c1-32-16-13-20(14-17-32)29-27(33)23-7-2-3-8-26(23)34-21-10-11-22-24(30-31-25(22)18-21)12-9-19-6-4-5-15-28-19/h2-18H,1H3,(H,28,30,31)/p+1. The molecular formula is C27H22N5OS+. The van der Waals surface area contributed by atoms with E-state index >= 15 is 0 Å². The quantitative estimate of drug-likeness (QED) is 0.332. The van der Waals surface area contributed by atoms with Crippen molar-refractivity contribution in [2.45, 2.75) is 9.79 Å². The summed E-state index contributed by atoms with van der Waals surface area (Å²) in [5.41, 5.74) is 4.06. The molecule has 0 fully saturated rings. The summed E-state index contributed by atoms with van der Waals surface area (Å²) < 4.78 is 1.92. The van der Waals surface area contributed by atoms with Gasteiger partial charge in [0, 0.05) is 33.5 Å². The van der Waals surface area contributed by atoms with Gasteiger partial charge in [-0.2, -0.15) is 5.10 Å². The van der Waals surface area contributed by atoms with Gasteiger partial charge in [0.25, 0.3) is 5.91 Å². The molecule has 0 atom stereocenters. The second-order valence-corrected chi connectivity index (χ2v) is 8.82. The van der Waals surface area contributed by atoms with Gasteiger partial charge in [0.05, 0.1) is 28.2 Å². The monoisotopic (exact) mass is 464 g/mol. The molecule has 0 unspecified atom stereocenters. The van der Waals surface area contributed by atoms with Crippen LogP contribution in [-0.2, 0) is 7.05 Å². The van der Waals surface area contributed by atoms with E-state index in [-0.39, 0.29) is 5.91 Å². The lowest BCUT2D eigenvalue weighted by atomic mass is 10.2. The molecule has 0 aliphatic rings. The average Bonchev–Trinajstić information content (AvgIpc) is 3.27. The number of carbonyl (C=O) groups is 1. The highest BCUT2D eigenvalue weighted by atomic mass is 32.2. The molecule has 5 rings (SSSR count). The number of anilines is 1. The van der Waals surface area contributed by atoms with Gasteiger partial charge in [-0.1, -0.05) is 30.0 Å². The second kappa shape index (κ2) is 9.72. The third kappa shape index (κ3) is 4.89. The van der Waals surface area contributed by atoms with Crippen LogP contribution in [0.15, 0.2) is 101 Å². The minimum Gasteiger partial charge on any atom is -0.322 e. The van der Waals surface area contributed by atoms with Crippen LogP contribution in [0.25, 0.3) is 23.1 Å². The maximum atomic E-state index is 13.0. The number of aromatic nitrogens is 4.